The van der Waals surface area contributed by atoms with E-state index < -0.39 is 24.4 Å². The molecule has 3 aromatic rings. The van der Waals surface area contributed by atoms with Crippen LogP contribution in [-0.2, 0) is 24.0 Å². The van der Waals surface area contributed by atoms with E-state index >= 15 is 0 Å². The lowest BCUT2D eigenvalue weighted by Crippen LogP contribution is -2.44. The van der Waals surface area contributed by atoms with Crippen LogP contribution in [0.3, 0.4) is 0 Å². The van der Waals surface area contributed by atoms with Crippen LogP contribution in [0.4, 0.5) is 30.6 Å². The van der Waals surface area contributed by atoms with Crippen LogP contribution in [0.5, 0.6) is 0 Å². The van der Waals surface area contributed by atoms with Gasteiger partial charge >= 0.3 is 6.18 Å². The van der Waals surface area contributed by atoms with E-state index in [4.69, 9.17) is 2.74 Å². The highest BCUT2D eigenvalue weighted by Crippen LogP contribution is 2.32. The van der Waals surface area contributed by atoms with Crippen LogP contribution in [0.15, 0.2) is 30.7 Å². The average molecular weight is 483 g/mol. The molecule has 4 rings (SSSR count). The quantitative estimate of drug-likeness (QED) is 0.577. The van der Waals surface area contributed by atoms with Crippen molar-refractivity contribution in [2.75, 3.05) is 22.6 Å². The maximum absolute atomic E-state index is 12.7. The number of halogens is 3. The molecular weight excluding hydrogens is 457 g/mol. The van der Waals surface area contributed by atoms with Gasteiger partial charge in [-0.2, -0.15) is 36.7 Å². The predicted molar refractivity (Wildman–Crippen MR) is 122 cm³/mol. The lowest BCUT2D eigenvalue weighted by atomic mass is 10.2. The molecule has 13 heteroatoms. The van der Waals surface area contributed by atoms with Crippen LogP contribution < -0.4 is 15.5 Å². The van der Waals surface area contributed by atoms with Gasteiger partial charge in [0.1, 0.15) is 17.4 Å². The van der Waals surface area contributed by atoms with Gasteiger partial charge in [-0.25, -0.2) is 4.98 Å². The average Bonchev–Trinajstić information content (AvgIpc) is 3.22. The number of hydrogen-bond acceptors (Lipinski definition) is 7. The fourth-order valence-electron chi connectivity index (χ4n) is 3.12. The number of nitrogens with zero attached hydrogens (tertiary/aromatic N) is 6. The fourth-order valence-corrected chi connectivity index (χ4v) is 3.12. The number of aryl methyl sites for hydroxylation is 1. The molecule has 33 heavy (non-hydrogen) atoms. The third-order valence-electron chi connectivity index (χ3n) is 5.03. The Labute approximate surface area is 197 Å². The van der Waals surface area contributed by atoms with E-state index in [2.05, 4.69) is 30.7 Å². The predicted octanol–water partition coefficient (Wildman–Crippen LogP) is 2.95. The number of aromatic nitrogens is 5. The monoisotopic (exact) mass is 482 g/mol. The lowest BCUT2D eigenvalue weighted by molar-refractivity contribution is -0.141. The summed E-state index contributed by atoms with van der Waals surface area (Å²) in [7, 11) is 1.72. The maximum atomic E-state index is 12.7. The molecule has 0 aliphatic carbocycles. The molecule has 0 spiro atoms. The van der Waals surface area contributed by atoms with E-state index in [1.54, 1.807) is 25.8 Å². The molecule has 0 saturated heterocycles. The topological polar surface area (TPSA) is 101 Å². The Balaban J connectivity index is 0.00000342. The van der Waals surface area contributed by atoms with Crippen molar-refractivity contribution in [2.45, 2.75) is 39.1 Å². The lowest BCUT2D eigenvalue weighted by Gasteiger charge is -2.32. The highest BCUT2D eigenvalue weighted by Gasteiger charge is 2.32. The molecule has 2 N–H and O–H groups in total. The van der Waals surface area contributed by atoms with E-state index in [0.29, 0.717) is 22.8 Å². The second kappa shape index (κ2) is 9.25. The van der Waals surface area contributed by atoms with Crippen molar-refractivity contribution in [3.8, 4) is 0 Å². The Kier molecular flexibility index (Phi) is 6.03. The smallest absolute Gasteiger partial charge is 0.350 e. The zero-order valence-corrected chi connectivity index (χ0v) is 18.9. The van der Waals surface area contributed by atoms with Crippen molar-refractivity contribution in [1.29, 1.82) is 0 Å². The number of carbonyl (C=O) groups excluding carboxylic acids is 1. The van der Waals surface area contributed by atoms with Crippen LogP contribution in [-0.4, -0.2) is 43.7 Å². The fraction of sp³-hybridized carbons (Fsp3) is 0.350. The number of likely N-dealkylation sites (N-methyl/N-ethyl adjacent to an activating group) is 1. The van der Waals surface area contributed by atoms with Crippen LogP contribution >= 0.6 is 13.5 Å². The van der Waals surface area contributed by atoms with Crippen molar-refractivity contribution in [1.82, 2.24) is 24.7 Å². The zero-order chi connectivity index (χ0) is 24.8. The SMILES string of the molecule is S.[2H]C([2H])(Nc1nc(C)c2c(n1)N(C)[C@@H](C)C(=O)N2)c1cnn(Cc2ccc(C(F)(F)F)nc2)c1. The summed E-state index contributed by atoms with van der Waals surface area (Å²) in [5.74, 6) is 0.299. The molecule has 4 heterocycles. The molecule has 1 amide bonds. The summed E-state index contributed by atoms with van der Waals surface area (Å²) < 4.78 is 56.3. The zero-order valence-electron chi connectivity index (χ0n) is 19.9. The summed E-state index contributed by atoms with van der Waals surface area (Å²) >= 11 is 0. The molecular formula is C20H23F3N8OS. The second-order valence-electron chi connectivity index (χ2n) is 7.33. The summed E-state index contributed by atoms with van der Waals surface area (Å²) in [6, 6.07) is 1.73. The van der Waals surface area contributed by atoms with Gasteiger partial charge in [-0.15, -0.1) is 0 Å². The first-order valence-corrected chi connectivity index (χ1v) is 9.61. The number of carbonyl (C=O) groups is 1. The van der Waals surface area contributed by atoms with Gasteiger partial charge in [0.05, 0.1) is 21.2 Å². The number of hydrogen-bond donors (Lipinski definition) is 2. The van der Waals surface area contributed by atoms with E-state index in [0.717, 1.165) is 12.3 Å². The number of pyridine rings is 1. The minimum Gasteiger partial charge on any atom is -0.350 e. The van der Waals surface area contributed by atoms with Gasteiger partial charge in [-0.3, -0.25) is 14.5 Å². The molecule has 0 saturated carbocycles. The Morgan fingerprint density at radius 3 is 2.67 bits per heavy atom. The van der Waals surface area contributed by atoms with Crippen LogP contribution in [0, 0.1) is 6.92 Å². The van der Waals surface area contributed by atoms with Crippen molar-refractivity contribution in [3.63, 3.8) is 0 Å². The second-order valence-corrected chi connectivity index (χ2v) is 7.33. The number of rotatable bonds is 5. The van der Waals surface area contributed by atoms with Gasteiger partial charge in [-0.1, -0.05) is 6.07 Å². The molecule has 1 aliphatic rings. The number of amides is 1. The minimum absolute atomic E-state index is 0. The van der Waals surface area contributed by atoms with Gasteiger partial charge in [0.25, 0.3) is 0 Å². The molecule has 1 atom stereocenters. The van der Waals surface area contributed by atoms with E-state index in [-0.39, 0.29) is 37.5 Å². The molecule has 0 unspecified atom stereocenters. The van der Waals surface area contributed by atoms with E-state index in [1.165, 1.54) is 23.1 Å². The Morgan fingerprint density at radius 1 is 1.24 bits per heavy atom. The van der Waals surface area contributed by atoms with Crippen LogP contribution in [0.25, 0.3) is 0 Å². The summed E-state index contributed by atoms with van der Waals surface area (Å²) in [5.41, 5.74) is 0.596. The first kappa shape index (κ1) is 21.5. The highest BCUT2D eigenvalue weighted by atomic mass is 32.1. The summed E-state index contributed by atoms with van der Waals surface area (Å²) in [6.07, 6.45) is -0.666. The van der Waals surface area contributed by atoms with Crippen LogP contribution in [0.2, 0.25) is 0 Å². The normalized spacial score (nSPS) is 16.8. The first-order valence-electron chi connectivity index (χ1n) is 10.6. The number of fused-ring (bicyclic) bond motifs is 1. The van der Waals surface area contributed by atoms with Gasteiger partial charge in [-0.05, 0) is 25.5 Å². The van der Waals surface area contributed by atoms with Crippen molar-refractivity contribution < 1.29 is 20.7 Å². The molecule has 0 bridgehead atoms. The molecule has 0 fully saturated rings. The number of anilines is 3. The number of alkyl halides is 3. The first-order chi connectivity index (χ1) is 15.8. The van der Waals surface area contributed by atoms with Gasteiger partial charge in [0.2, 0.25) is 11.9 Å². The van der Waals surface area contributed by atoms with E-state index in [9.17, 15) is 18.0 Å². The third-order valence-corrected chi connectivity index (χ3v) is 5.03. The van der Waals surface area contributed by atoms with Crippen molar-refractivity contribution in [2.24, 2.45) is 0 Å². The largest absolute Gasteiger partial charge is 0.433 e. The van der Waals surface area contributed by atoms with Gasteiger partial charge < -0.3 is 15.5 Å². The van der Waals surface area contributed by atoms with Gasteiger partial charge in [0.15, 0.2) is 5.82 Å². The Morgan fingerprint density at radius 2 is 2.00 bits per heavy atom. The summed E-state index contributed by atoms with van der Waals surface area (Å²) in [5, 5.41) is 9.51. The molecule has 0 radical (unpaired) electrons. The van der Waals surface area contributed by atoms with Crippen molar-refractivity contribution >= 4 is 36.9 Å². The Hall–Kier alpha value is -3.35. The van der Waals surface area contributed by atoms with Crippen molar-refractivity contribution in [3.05, 3.63) is 53.2 Å². The van der Waals surface area contributed by atoms with Gasteiger partial charge in [0, 0.05) is 31.5 Å². The maximum Gasteiger partial charge on any atom is 0.433 e. The summed E-state index contributed by atoms with van der Waals surface area (Å²) in [6.45, 7) is 1.40. The number of nitrogens with one attached hydrogen (secondary N) is 2. The third kappa shape index (κ3) is 5.18. The molecule has 176 valence electrons. The highest BCUT2D eigenvalue weighted by molar-refractivity contribution is 7.59. The molecule has 3 aromatic heterocycles. The summed E-state index contributed by atoms with van der Waals surface area (Å²) in [4.78, 5) is 25.8. The molecule has 9 nitrogen and oxygen atoms in total. The molecule has 1 aliphatic heterocycles. The van der Waals surface area contributed by atoms with E-state index in [1.807, 2.05) is 0 Å². The molecule has 0 aromatic carbocycles. The van der Waals surface area contributed by atoms with Crippen LogP contribution in [0.1, 0.15) is 32.2 Å². The minimum atomic E-state index is -4.52. The standard InChI is InChI=1S/C20H21F3N8O.H2S/c1-11-16-17(30(3)12(2)18(32)28-16)29-19(27-11)25-7-14-8-26-31(10-14)9-13-4-5-15(24-6-13)20(21,22)23;/h4-6,8,10,12H,7,9H2,1-3H3,(H,28,32)(H,25,27,29);1H2/t12-;/m0./s1/i7D2;. The Bertz CT molecular complexity index is 1240.